The van der Waals surface area contributed by atoms with Gasteiger partial charge in [-0.15, -0.1) is 0 Å². The first kappa shape index (κ1) is 15.4. The summed E-state index contributed by atoms with van der Waals surface area (Å²) in [5.74, 6) is -0.400. The molecule has 1 heterocycles. The number of piperidine rings is 1. The predicted octanol–water partition coefficient (Wildman–Crippen LogP) is 3.48. The Morgan fingerprint density at radius 2 is 2.10 bits per heavy atom. The van der Waals surface area contributed by atoms with Gasteiger partial charge in [-0.1, -0.05) is 17.7 Å². The Hall–Kier alpha value is -1.99. The van der Waals surface area contributed by atoms with Crippen LogP contribution < -0.4 is 5.32 Å². The Morgan fingerprint density at radius 1 is 1.38 bits per heavy atom. The summed E-state index contributed by atoms with van der Waals surface area (Å²) in [7, 11) is 0. The van der Waals surface area contributed by atoms with Crippen LogP contribution in [0.25, 0.3) is 0 Å². The van der Waals surface area contributed by atoms with Crippen molar-refractivity contribution in [1.29, 1.82) is 5.26 Å². The molecule has 1 aliphatic heterocycles. The van der Waals surface area contributed by atoms with E-state index in [0.717, 1.165) is 31.5 Å². The number of nitrogens with one attached hydrogen (secondary N) is 1. The number of nitriles is 1. The topological polar surface area (TPSA) is 56.1 Å². The number of benzene rings is 1. The number of rotatable bonds is 3. The fourth-order valence-electron chi connectivity index (χ4n) is 2.24. The van der Waals surface area contributed by atoms with Crippen LogP contribution in [0, 0.1) is 18.3 Å². The molecule has 1 saturated heterocycles. The number of anilines is 1. The normalized spacial score (nSPS) is 15.5. The van der Waals surface area contributed by atoms with Crippen molar-refractivity contribution in [2.75, 3.05) is 18.4 Å². The average molecular weight is 304 g/mol. The molecule has 1 aromatic rings. The van der Waals surface area contributed by atoms with E-state index in [1.54, 1.807) is 18.3 Å². The molecule has 1 aliphatic rings. The number of nitrogens with zero attached hydrogens (tertiary/aromatic N) is 2. The van der Waals surface area contributed by atoms with Crippen molar-refractivity contribution in [1.82, 2.24) is 4.90 Å². The van der Waals surface area contributed by atoms with Gasteiger partial charge in [0.2, 0.25) is 0 Å². The molecule has 21 heavy (non-hydrogen) atoms. The van der Waals surface area contributed by atoms with Crippen molar-refractivity contribution < 1.29 is 4.79 Å². The standard InChI is InChI=1S/C16H18ClN3O/c1-12-5-6-14(9-15(12)17)19-16(21)13(10-18)11-20-7-3-2-4-8-20/h5-6,9,11H,2-4,7-8H2,1H3,(H,19,21)/b13-11-. The lowest BCUT2D eigenvalue weighted by Crippen LogP contribution is -2.26. The van der Waals surface area contributed by atoms with Crippen molar-refractivity contribution in [3.05, 3.63) is 40.6 Å². The summed E-state index contributed by atoms with van der Waals surface area (Å²) in [6, 6.07) is 7.26. The number of aryl methyl sites for hydroxylation is 1. The summed E-state index contributed by atoms with van der Waals surface area (Å²) in [4.78, 5) is 14.2. The first-order valence-corrected chi connectivity index (χ1v) is 7.41. The van der Waals surface area contributed by atoms with Gasteiger partial charge in [-0.3, -0.25) is 4.79 Å². The van der Waals surface area contributed by atoms with Crippen LogP contribution in [0.2, 0.25) is 5.02 Å². The van der Waals surface area contributed by atoms with E-state index in [-0.39, 0.29) is 5.57 Å². The lowest BCUT2D eigenvalue weighted by molar-refractivity contribution is -0.112. The number of amides is 1. The molecular weight excluding hydrogens is 286 g/mol. The van der Waals surface area contributed by atoms with E-state index in [2.05, 4.69) is 5.32 Å². The molecule has 110 valence electrons. The second-order valence-corrected chi connectivity index (χ2v) is 5.58. The molecule has 5 heteroatoms. The number of likely N-dealkylation sites (tertiary alicyclic amines) is 1. The molecule has 1 aromatic carbocycles. The molecule has 0 atom stereocenters. The van der Waals surface area contributed by atoms with Crippen LogP contribution in [0.1, 0.15) is 24.8 Å². The summed E-state index contributed by atoms with van der Waals surface area (Å²) >= 11 is 6.03. The zero-order valence-electron chi connectivity index (χ0n) is 12.0. The van der Waals surface area contributed by atoms with E-state index >= 15 is 0 Å². The van der Waals surface area contributed by atoms with Gasteiger partial charge >= 0.3 is 0 Å². The predicted molar refractivity (Wildman–Crippen MR) is 83.9 cm³/mol. The SMILES string of the molecule is Cc1ccc(NC(=O)/C(C#N)=C\N2CCCCC2)cc1Cl. The second kappa shape index (κ2) is 7.14. The van der Waals surface area contributed by atoms with Crippen LogP contribution in [0.15, 0.2) is 30.0 Å². The molecule has 0 aliphatic carbocycles. The Morgan fingerprint density at radius 3 is 2.71 bits per heavy atom. The first-order valence-electron chi connectivity index (χ1n) is 7.03. The summed E-state index contributed by atoms with van der Waals surface area (Å²) in [6.45, 7) is 3.69. The molecule has 2 rings (SSSR count). The molecule has 0 bridgehead atoms. The van der Waals surface area contributed by atoms with Crippen molar-refractivity contribution >= 4 is 23.2 Å². The van der Waals surface area contributed by atoms with Crippen LogP contribution in [0.4, 0.5) is 5.69 Å². The molecule has 0 saturated carbocycles. The van der Waals surface area contributed by atoms with Crippen molar-refractivity contribution in [3.8, 4) is 6.07 Å². The van der Waals surface area contributed by atoms with Gasteiger partial charge in [-0.2, -0.15) is 5.26 Å². The minimum absolute atomic E-state index is 0.119. The van der Waals surface area contributed by atoms with Gasteiger partial charge in [0.05, 0.1) is 0 Å². The van der Waals surface area contributed by atoms with Gasteiger partial charge in [0, 0.05) is 30.0 Å². The van der Waals surface area contributed by atoms with Crippen LogP contribution >= 0.6 is 11.6 Å². The number of hydrogen-bond acceptors (Lipinski definition) is 3. The average Bonchev–Trinajstić information content (AvgIpc) is 2.49. The summed E-state index contributed by atoms with van der Waals surface area (Å²) in [5, 5.41) is 12.5. The molecular formula is C16H18ClN3O. The summed E-state index contributed by atoms with van der Waals surface area (Å²) in [6.07, 6.45) is 5.07. The second-order valence-electron chi connectivity index (χ2n) is 5.17. The van der Waals surface area contributed by atoms with Gasteiger partial charge < -0.3 is 10.2 Å². The van der Waals surface area contributed by atoms with E-state index in [1.807, 2.05) is 24.0 Å². The van der Waals surface area contributed by atoms with E-state index < -0.39 is 5.91 Å². The van der Waals surface area contributed by atoms with Crippen LogP contribution in [-0.4, -0.2) is 23.9 Å². The van der Waals surface area contributed by atoms with Crippen molar-refractivity contribution in [3.63, 3.8) is 0 Å². The maximum Gasteiger partial charge on any atom is 0.267 e. The first-order chi connectivity index (χ1) is 10.1. The highest BCUT2D eigenvalue weighted by Crippen LogP contribution is 2.20. The number of hydrogen-bond donors (Lipinski definition) is 1. The minimum atomic E-state index is -0.400. The Kier molecular flexibility index (Phi) is 5.24. The zero-order valence-corrected chi connectivity index (χ0v) is 12.8. The molecule has 4 nitrogen and oxygen atoms in total. The lowest BCUT2D eigenvalue weighted by Gasteiger charge is -2.25. The number of carbonyl (C=O) groups excluding carboxylic acids is 1. The quantitative estimate of drug-likeness (QED) is 0.687. The molecule has 0 unspecified atom stereocenters. The third-order valence-corrected chi connectivity index (χ3v) is 3.90. The molecule has 1 N–H and O–H groups in total. The lowest BCUT2D eigenvalue weighted by atomic mass is 10.1. The van der Waals surface area contributed by atoms with E-state index in [4.69, 9.17) is 11.6 Å². The Bertz CT molecular complexity index is 598. The highest BCUT2D eigenvalue weighted by Gasteiger charge is 2.13. The Balaban J connectivity index is 2.07. The van der Waals surface area contributed by atoms with Crippen LogP contribution in [-0.2, 0) is 4.79 Å². The third kappa shape index (κ3) is 4.24. The maximum atomic E-state index is 12.1. The van der Waals surface area contributed by atoms with Crippen LogP contribution in [0.5, 0.6) is 0 Å². The van der Waals surface area contributed by atoms with Crippen molar-refractivity contribution in [2.45, 2.75) is 26.2 Å². The fraction of sp³-hybridized carbons (Fsp3) is 0.375. The molecule has 0 radical (unpaired) electrons. The maximum absolute atomic E-state index is 12.1. The highest BCUT2D eigenvalue weighted by molar-refractivity contribution is 6.31. The molecule has 0 spiro atoms. The Labute approximate surface area is 130 Å². The zero-order chi connectivity index (χ0) is 15.2. The summed E-state index contributed by atoms with van der Waals surface area (Å²) in [5.41, 5.74) is 1.66. The van der Waals surface area contributed by atoms with Gasteiger partial charge in [0.25, 0.3) is 5.91 Å². The summed E-state index contributed by atoms with van der Waals surface area (Å²) < 4.78 is 0. The number of halogens is 1. The molecule has 0 aromatic heterocycles. The molecule has 1 fully saturated rings. The minimum Gasteiger partial charge on any atom is -0.376 e. The monoisotopic (exact) mass is 303 g/mol. The smallest absolute Gasteiger partial charge is 0.267 e. The third-order valence-electron chi connectivity index (χ3n) is 3.50. The highest BCUT2D eigenvalue weighted by atomic mass is 35.5. The fourth-order valence-corrected chi connectivity index (χ4v) is 2.42. The van der Waals surface area contributed by atoms with Gasteiger partial charge in [-0.25, -0.2) is 0 Å². The van der Waals surface area contributed by atoms with E-state index in [9.17, 15) is 10.1 Å². The van der Waals surface area contributed by atoms with Gasteiger partial charge in [0.1, 0.15) is 11.6 Å². The number of carbonyl (C=O) groups is 1. The largest absolute Gasteiger partial charge is 0.376 e. The van der Waals surface area contributed by atoms with Crippen molar-refractivity contribution in [2.24, 2.45) is 0 Å². The molecule has 1 amide bonds. The van der Waals surface area contributed by atoms with E-state index in [0.29, 0.717) is 10.7 Å². The van der Waals surface area contributed by atoms with Gasteiger partial charge in [-0.05, 0) is 43.9 Å². The van der Waals surface area contributed by atoms with Gasteiger partial charge in [0.15, 0.2) is 0 Å². The van der Waals surface area contributed by atoms with Crippen LogP contribution in [0.3, 0.4) is 0 Å². The van der Waals surface area contributed by atoms with E-state index in [1.165, 1.54) is 6.42 Å².